The summed E-state index contributed by atoms with van der Waals surface area (Å²) in [7, 11) is -0.745. The lowest BCUT2D eigenvalue weighted by molar-refractivity contribution is 0.587. The summed E-state index contributed by atoms with van der Waals surface area (Å²) < 4.78 is 11.0. The van der Waals surface area contributed by atoms with Crippen LogP contribution >= 0.6 is 11.6 Å². The van der Waals surface area contributed by atoms with E-state index in [1.807, 2.05) is 26.0 Å². The Balaban J connectivity index is 2.48. The predicted octanol–water partition coefficient (Wildman–Crippen LogP) is 2.51. The molecular formula is C12H18ClNOS. The molecule has 0 aliphatic rings. The molecule has 0 saturated heterocycles. The van der Waals surface area contributed by atoms with E-state index in [1.165, 1.54) is 5.56 Å². The Kier molecular flexibility index (Phi) is 5.46. The number of aryl methyl sites for hydroxylation is 1. The molecule has 0 radical (unpaired) electrons. The third-order valence-corrected chi connectivity index (χ3v) is 3.76. The van der Waals surface area contributed by atoms with Gasteiger partial charge in [-0.25, -0.2) is 0 Å². The van der Waals surface area contributed by atoms with Gasteiger partial charge in [-0.05, 0) is 31.0 Å². The molecule has 90 valence electrons. The van der Waals surface area contributed by atoms with Gasteiger partial charge in [-0.2, -0.15) is 0 Å². The number of nitrogens with one attached hydrogen (secondary N) is 1. The first kappa shape index (κ1) is 13.7. The third-order valence-electron chi connectivity index (χ3n) is 2.36. The van der Waals surface area contributed by atoms with Crippen molar-refractivity contribution < 1.29 is 4.21 Å². The van der Waals surface area contributed by atoms with Crippen molar-refractivity contribution in [3.8, 4) is 0 Å². The third kappa shape index (κ3) is 4.64. The molecule has 0 fully saturated rings. The van der Waals surface area contributed by atoms with Crippen LogP contribution in [-0.4, -0.2) is 22.3 Å². The van der Waals surface area contributed by atoms with Crippen LogP contribution in [-0.2, 0) is 17.3 Å². The molecule has 0 aliphatic heterocycles. The van der Waals surface area contributed by atoms with E-state index in [0.717, 1.165) is 17.1 Å². The Bertz CT molecular complexity index is 381. The monoisotopic (exact) mass is 259 g/mol. The highest BCUT2D eigenvalue weighted by atomic mass is 35.5. The van der Waals surface area contributed by atoms with Gasteiger partial charge in [-0.3, -0.25) is 4.21 Å². The van der Waals surface area contributed by atoms with Crippen LogP contribution in [0.2, 0.25) is 5.02 Å². The fourth-order valence-electron chi connectivity index (χ4n) is 1.52. The average Bonchev–Trinajstić information content (AvgIpc) is 2.19. The summed E-state index contributed by atoms with van der Waals surface area (Å²) in [5.41, 5.74) is 2.29. The largest absolute Gasteiger partial charge is 0.309 e. The highest BCUT2D eigenvalue weighted by Crippen LogP contribution is 2.16. The lowest BCUT2D eigenvalue weighted by atomic mass is 10.1. The number of halogens is 1. The molecule has 0 saturated carbocycles. The van der Waals surface area contributed by atoms with Gasteiger partial charge in [0.1, 0.15) is 0 Å². The smallest absolute Gasteiger partial charge is 0.0435 e. The fraction of sp³-hybridized carbons (Fsp3) is 0.500. The average molecular weight is 260 g/mol. The second-order valence-corrected chi connectivity index (χ2v) is 5.99. The van der Waals surface area contributed by atoms with Crippen LogP contribution in [0.4, 0.5) is 0 Å². The molecule has 1 aromatic rings. The lowest BCUT2D eigenvalue weighted by Gasteiger charge is -2.12. The Morgan fingerprint density at radius 2 is 2.19 bits per heavy atom. The van der Waals surface area contributed by atoms with Crippen molar-refractivity contribution in [1.82, 2.24) is 5.32 Å². The molecule has 2 unspecified atom stereocenters. The van der Waals surface area contributed by atoms with Gasteiger partial charge in [0, 0.05) is 40.4 Å². The maximum absolute atomic E-state index is 11.0. The fourth-order valence-corrected chi connectivity index (χ4v) is 2.46. The van der Waals surface area contributed by atoms with E-state index >= 15 is 0 Å². The zero-order chi connectivity index (χ0) is 12.1. The van der Waals surface area contributed by atoms with Crippen molar-refractivity contribution >= 4 is 22.4 Å². The molecule has 0 heterocycles. The van der Waals surface area contributed by atoms with E-state index in [9.17, 15) is 4.21 Å². The Morgan fingerprint density at radius 1 is 1.50 bits per heavy atom. The van der Waals surface area contributed by atoms with Crippen LogP contribution in [0.25, 0.3) is 0 Å². The number of rotatable bonds is 5. The van der Waals surface area contributed by atoms with Crippen LogP contribution in [0, 0.1) is 6.92 Å². The molecule has 2 nitrogen and oxygen atoms in total. The van der Waals surface area contributed by atoms with Gasteiger partial charge in [0.15, 0.2) is 0 Å². The Labute approximate surface area is 105 Å². The molecular weight excluding hydrogens is 242 g/mol. The van der Waals surface area contributed by atoms with Gasteiger partial charge in [0.2, 0.25) is 0 Å². The molecule has 1 rings (SSSR count). The SMILES string of the molecule is Cc1cc(CNC(C)CS(C)=O)ccc1Cl. The first-order chi connectivity index (χ1) is 7.49. The molecule has 0 aromatic heterocycles. The standard InChI is InChI=1S/C12H18ClNOS/c1-9-6-11(4-5-12(9)13)7-14-10(2)8-16(3)15/h4-6,10,14H,7-8H2,1-3H3. The summed E-state index contributed by atoms with van der Waals surface area (Å²) in [4.78, 5) is 0. The van der Waals surface area contributed by atoms with Gasteiger partial charge < -0.3 is 5.32 Å². The maximum atomic E-state index is 11.0. The Hall–Kier alpha value is -0.380. The van der Waals surface area contributed by atoms with Crippen LogP contribution in [0.3, 0.4) is 0 Å². The van der Waals surface area contributed by atoms with E-state index in [0.29, 0.717) is 5.75 Å². The van der Waals surface area contributed by atoms with E-state index in [-0.39, 0.29) is 6.04 Å². The summed E-state index contributed by atoms with van der Waals surface area (Å²) in [5.74, 6) is 0.687. The molecule has 1 N–H and O–H groups in total. The molecule has 1 aromatic carbocycles. The molecule has 0 amide bonds. The van der Waals surface area contributed by atoms with Crippen LogP contribution in [0.1, 0.15) is 18.1 Å². The lowest BCUT2D eigenvalue weighted by Crippen LogP contribution is -2.30. The van der Waals surface area contributed by atoms with Crippen LogP contribution < -0.4 is 5.32 Å². The second-order valence-electron chi connectivity index (χ2n) is 4.11. The number of hydrogen-bond acceptors (Lipinski definition) is 2. The van der Waals surface area contributed by atoms with E-state index < -0.39 is 10.8 Å². The predicted molar refractivity (Wildman–Crippen MR) is 71.4 cm³/mol. The summed E-state index contributed by atoms with van der Waals surface area (Å²) >= 11 is 5.95. The molecule has 0 bridgehead atoms. The molecule has 0 spiro atoms. The minimum absolute atomic E-state index is 0.266. The normalized spacial score (nSPS) is 14.8. The Morgan fingerprint density at radius 3 is 2.75 bits per heavy atom. The van der Waals surface area contributed by atoms with E-state index in [4.69, 9.17) is 11.6 Å². The first-order valence-corrected chi connectivity index (χ1v) is 7.38. The summed E-state index contributed by atoms with van der Waals surface area (Å²) in [6, 6.07) is 6.27. The van der Waals surface area contributed by atoms with Crippen molar-refractivity contribution in [2.45, 2.75) is 26.4 Å². The number of hydrogen-bond donors (Lipinski definition) is 1. The van der Waals surface area contributed by atoms with Crippen LogP contribution in [0.5, 0.6) is 0 Å². The molecule has 4 heteroatoms. The molecule has 2 atom stereocenters. The topological polar surface area (TPSA) is 29.1 Å². The van der Waals surface area contributed by atoms with Crippen molar-refractivity contribution in [1.29, 1.82) is 0 Å². The summed E-state index contributed by atoms with van der Waals surface area (Å²) in [5, 5.41) is 4.14. The first-order valence-electron chi connectivity index (χ1n) is 5.27. The summed E-state index contributed by atoms with van der Waals surface area (Å²) in [6.07, 6.45) is 1.73. The van der Waals surface area contributed by atoms with E-state index in [1.54, 1.807) is 6.26 Å². The quantitative estimate of drug-likeness (QED) is 0.880. The van der Waals surface area contributed by atoms with Gasteiger partial charge >= 0.3 is 0 Å². The van der Waals surface area contributed by atoms with Crippen molar-refractivity contribution in [3.63, 3.8) is 0 Å². The second kappa shape index (κ2) is 6.38. The van der Waals surface area contributed by atoms with Gasteiger partial charge in [0.05, 0.1) is 0 Å². The van der Waals surface area contributed by atoms with Crippen molar-refractivity contribution in [2.75, 3.05) is 12.0 Å². The van der Waals surface area contributed by atoms with E-state index in [2.05, 4.69) is 11.4 Å². The minimum Gasteiger partial charge on any atom is -0.309 e. The highest BCUT2D eigenvalue weighted by Gasteiger charge is 2.04. The number of benzene rings is 1. The molecule has 16 heavy (non-hydrogen) atoms. The van der Waals surface area contributed by atoms with Gasteiger partial charge in [-0.1, -0.05) is 23.7 Å². The van der Waals surface area contributed by atoms with Crippen molar-refractivity contribution in [2.24, 2.45) is 0 Å². The maximum Gasteiger partial charge on any atom is 0.0435 e. The zero-order valence-electron chi connectivity index (χ0n) is 9.92. The highest BCUT2D eigenvalue weighted by molar-refractivity contribution is 7.84. The summed E-state index contributed by atoms with van der Waals surface area (Å²) in [6.45, 7) is 4.83. The van der Waals surface area contributed by atoms with Gasteiger partial charge in [0.25, 0.3) is 0 Å². The van der Waals surface area contributed by atoms with Crippen LogP contribution in [0.15, 0.2) is 18.2 Å². The molecule has 0 aliphatic carbocycles. The minimum atomic E-state index is -0.745. The zero-order valence-corrected chi connectivity index (χ0v) is 11.5. The van der Waals surface area contributed by atoms with Gasteiger partial charge in [-0.15, -0.1) is 0 Å². The van der Waals surface area contributed by atoms with Crippen molar-refractivity contribution in [3.05, 3.63) is 34.3 Å².